The lowest BCUT2D eigenvalue weighted by molar-refractivity contribution is -0.144. The van der Waals surface area contributed by atoms with Crippen LogP contribution in [0.3, 0.4) is 0 Å². The van der Waals surface area contributed by atoms with Crippen LogP contribution >= 0.6 is 0 Å². The zero-order valence-corrected chi connectivity index (χ0v) is 16.5. The number of hydrogen-bond acceptors (Lipinski definition) is 4. The number of benzene rings is 2. The Morgan fingerprint density at radius 1 is 1.03 bits per heavy atom. The zero-order valence-electron chi connectivity index (χ0n) is 16.5. The predicted molar refractivity (Wildman–Crippen MR) is 103 cm³/mol. The van der Waals surface area contributed by atoms with Gasteiger partial charge >= 0.3 is 11.9 Å². The van der Waals surface area contributed by atoms with E-state index in [0.717, 1.165) is 24.7 Å². The molecule has 6 nitrogen and oxygen atoms in total. The number of halogens is 4. The summed E-state index contributed by atoms with van der Waals surface area (Å²) in [7, 11) is 0.816. The minimum atomic E-state index is -4.95. The minimum Gasteiger partial charge on any atom is -0.456 e. The van der Waals surface area contributed by atoms with Gasteiger partial charge in [-0.3, -0.25) is 9.36 Å². The van der Waals surface area contributed by atoms with E-state index in [2.05, 4.69) is 0 Å². The van der Waals surface area contributed by atoms with Gasteiger partial charge in [-0.25, -0.2) is 13.8 Å². The molecule has 0 atom stereocenters. The smallest absolute Gasteiger partial charge is 0.431 e. The molecular weight excluding hydrogens is 418 g/mol. The van der Waals surface area contributed by atoms with E-state index in [-0.39, 0.29) is 26.5 Å². The summed E-state index contributed by atoms with van der Waals surface area (Å²) < 4.78 is 60.0. The normalized spacial score (nSPS) is 11.3. The molecule has 0 aliphatic carbocycles. The van der Waals surface area contributed by atoms with Gasteiger partial charge in [-0.15, -0.1) is 0 Å². The predicted octanol–water partition coefficient (Wildman–Crippen LogP) is 3.97. The summed E-state index contributed by atoms with van der Waals surface area (Å²) in [4.78, 5) is 24.8. The zero-order chi connectivity index (χ0) is 23.1. The molecule has 1 aromatic heterocycles. The summed E-state index contributed by atoms with van der Waals surface area (Å²) in [6.45, 7) is 3.54. The van der Waals surface area contributed by atoms with Crippen LogP contribution in [0.25, 0.3) is 5.69 Å². The highest BCUT2D eigenvalue weighted by Crippen LogP contribution is 2.32. The fraction of sp³-hybridized carbons (Fsp3) is 0.190. The highest BCUT2D eigenvalue weighted by molar-refractivity contribution is 5.53. The molecule has 0 amide bonds. The molecule has 0 saturated heterocycles. The Balaban J connectivity index is 2.25. The van der Waals surface area contributed by atoms with Crippen LogP contribution in [0.15, 0.2) is 46.0 Å². The summed E-state index contributed by atoms with van der Waals surface area (Å²) in [5.41, 5.74) is -3.58. The minimum absolute atomic E-state index is 0.165. The number of ether oxygens (including phenoxy) is 1. The number of nitriles is 1. The summed E-state index contributed by atoms with van der Waals surface area (Å²) >= 11 is 0. The third kappa shape index (κ3) is 4.07. The lowest BCUT2D eigenvalue weighted by Crippen LogP contribution is -2.41. The van der Waals surface area contributed by atoms with E-state index in [1.807, 2.05) is 6.07 Å². The number of aryl methyl sites for hydroxylation is 2. The van der Waals surface area contributed by atoms with Gasteiger partial charge in [-0.1, -0.05) is 12.1 Å². The Hall–Kier alpha value is -3.87. The van der Waals surface area contributed by atoms with Crippen LogP contribution in [0.2, 0.25) is 0 Å². The number of rotatable bonds is 3. The van der Waals surface area contributed by atoms with Crippen molar-refractivity contribution in [3.63, 3.8) is 0 Å². The van der Waals surface area contributed by atoms with Gasteiger partial charge < -0.3 is 4.74 Å². The van der Waals surface area contributed by atoms with Crippen LogP contribution in [0.1, 0.15) is 22.4 Å². The Morgan fingerprint density at radius 2 is 1.71 bits per heavy atom. The molecular formula is C21H15F4N3O3. The van der Waals surface area contributed by atoms with Crippen molar-refractivity contribution in [2.24, 2.45) is 7.05 Å². The molecule has 0 fully saturated rings. The summed E-state index contributed by atoms with van der Waals surface area (Å²) in [5.74, 6) is -0.966. The van der Waals surface area contributed by atoms with Crippen LogP contribution in [0, 0.1) is 31.0 Å². The highest BCUT2D eigenvalue weighted by atomic mass is 19.4. The van der Waals surface area contributed by atoms with Crippen LogP contribution in [0.5, 0.6) is 11.5 Å². The number of nitrogens with zero attached hydrogens (tertiary/aromatic N) is 3. The topological polar surface area (TPSA) is 77.0 Å². The maximum Gasteiger partial charge on any atom is 0.431 e. The Bertz CT molecular complexity index is 1350. The molecule has 0 aliphatic heterocycles. The second-order valence-electron chi connectivity index (χ2n) is 6.83. The highest BCUT2D eigenvalue weighted by Gasteiger charge is 2.35. The number of aromatic nitrogens is 2. The molecule has 0 N–H and O–H groups in total. The van der Waals surface area contributed by atoms with Crippen molar-refractivity contribution >= 4 is 0 Å². The first-order valence-electron chi connectivity index (χ1n) is 8.83. The average Bonchev–Trinajstić information content (AvgIpc) is 2.68. The van der Waals surface area contributed by atoms with E-state index < -0.39 is 34.6 Å². The molecule has 160 valence electrons. The van der Waals surface area contributed by atoms with Gasteiger partial charge in [0.2, 0.25) is 0 Å². The third-order valence-electron chi connectivity index (χ3n) is 4.58. The van der Waals surface area contributed by atoms with Crippen molar-refractivity contribution in [1.29, 1.82) is 5.26 Å². The largest absolute Gasteiger partial charge is 0.456 e. The average molecular weight is 433 g/mol. The van der Waals surface area contributed by atoms with E-state index in [0.29, 0.717) is 11.3 Å². The summed E-state index contributed by atoms with van der Waals surface area (Å²) in [6.07, 6.45) is -4.95. The van der Waals surface area contributed by atoms with Crippen molar-refractivity contribution < 1.29 is 22.3 Å². The second kappa shape index (κ2) is 7.75. The second-order valence-corrected chi connectivity index (χ2v) is 6.83. The quantitative estimate of drug-likeness (QED) is 0.586. The molecule has 0 unspecified atom stereocenters. The molecule has 3 aromatic rings. The molecule has 0 spiro atoms. The first-order valence-corrected chi connectivity index (χ1v) is 8.83. The van der Waals surface area contributed by atoms with Gasteiger partial charge in [0.1, 0.15) is 29.1 Å². The summed E-state index contributed by atoms with van der Waals surface area (Å²) in [6, 6.07) is 8.90. The Morgan fingerprint density at radius 3 is 2.32 bits per heavy atom. The van der Waals surface area contributed by atoms with Crippen molar-refractivity contribution in [3.05, 3.63) is 85.4 Å². The van der Waals surface area contributed by atoms with Crippen LogP contribution < -0.4 is 16.0 Å². The fourth-order valence-corrected chi connectivity index (χ4v) is 2.94. The SMILES string of the molecule is Cc1ccc(C)c(Oc2cc(-n3c(=O)cc(C(F)(F)F)n(C)c3=O)c(F)cc2C#N)c1. The summed E-state index contributed by atoms with van der Waals surface area (Å²) in [5, 5.41) is 9.33. The van der Waals surface area contributed by atoms with E-state index in [1.54, 1.807) is 32.0 Å². The fourth-order valence-electron chi connectivity index (χ4n) is 2.94. The standard InChI is InChI=1S/C21H15F4N3O3/c1-11-4-5-12(2)16(6-11)31-17-8-15(14(22)7-13(17)10-26)28-19(29)9-18(21(23,24)25)27(3)20(28)30/h4-9H,1-3H3. The first kappa shape index (κ1) is 21.8. The number of alkyl halides is 3. The third-order valence-corrected chi connectivity index (χ3v) is 4.58. The van der Waals surface area contributed by atoms with Crippen LogP contribution in [-0.2, 0) is 13.2 Å². The van der Waals surface area contributed by atoms with E-state index in [9.17, 15) is 32.4 Å². The first-order chi connectivity index (χ1) is 14.4. The molecule has 10 heteroatoms. The van der Waals surface area contributed by atoms with Gasteiger partial charge in [-0.2, -0.15) is 18.4 Å². The molecule has 31 heavy (non-hydrogen) atoms. The van der Waals surface area contributed by atoms with E-state index in [1.165, 1.54) is 0 Å². The van der Waals surface area contributed by atoms with Gasteiger partial charge in [0.15, 0.2) is 0 Å². The molecule has 0 radical (unpaired) electrons. The molecule has 0 bridgehead atoms. The molecule has 1 heterocycles. The van der Waals surface area contributed by atoms with Crippen molar-refractivity contribution in [2.45, 2.75) is 20.0 Å². The molecule has 0 saturated carbocycles. The van der Waals surface area contributed by atoms with E-state index >= 15 is 0 Å². The van der Waals surface area contributed by atoms with Crippen LogP contribution in [0.4, 0.5) is 17.6 Å². The molecule has 3 rings (SSSR count). The maximum atomic E-state index is 14.7. The molecule has 0 aliphatic rings. The van der Waals surface area contributed by atoms with Gasteiger partial charge in [-0.05, 0) is 37.1 Å². The Kier molecular flexibility index (Phi) is 5.46. The van der Waals surface area contributed by atoms with Crippen molar-refractivity contribution in [1.82, 2.24) is 9.13 Å². The van der Waals surface area contributed by atoms with Gasteiger partial charge in [0, 0.05) is 19.2 Å². The lowest BCUT2D eigenvalue weighted by Gasteiger charge is -2.16. The lowest BCUT2D eigenvalue weighted by atomic mass is 10.1. The maximum absolute atomic E-state index is 14.7. The van der Waals surface area contributed by atoms with E-state index in [4.69, 9.17) is 4.74 Å². The van der Waals surface area contributed by atoms with Crippen molar-refractivity contribution in [3.8, 4) is 23.3 Å². The van der Waals surface area contributed by atoms with Crippen LogP contribution in [-0.4, -0.2) is 9.13 Å². The van der Waals surface area contributed by atoms with Crippen molar-refractivity contribution in [2.75, 3.05) is 0 Å². The molecule has 2 aromatic carbocycles. The van der Waals surface area contributed by atoms with Gasteiger partial charge in [0.05, 0.1) is 11.3 Å². The monoisotopic (exact) mass is 433 g/mol. The Labute approximate surface area is 173 Å². The number of hydrogen-bond donors (Lipinski definition) is 0. The van der Waals surface area contributed by atoms with Gasteiger partial charge in [0.25, 0.3) is 5.56 Å².